The number of benzene rings is 1. The highest BCUT2D eigenvalue weighted by Crippen LogP contribution is 2.21. The summed E-state index contributed by atoms with van der Waals surface area (Å²) in [6.45, 7) is 2.61. The number of thioether (sulfide) groups is 1. The van der Waals surface area contributed by atoms with Crippen molar-refractivity contribution in [3.63, 3.8) is 0 Å². The highest BCUT2D eigenvalue weighted by Gasteiger charge is 2.25. The second kappa shape index (κ2) is 9.59. The number of hydrogen-bond acceptors (Lipinski definition) is 4. The van der Waals surface area contributed by atoms with E-state index < -0.39 is 0 Å². The molecule has 132 valence electrons. The summed E-state index contributed by atoms with van der Waals surface area (Å²) in [6, 6.07) is 16.3. The van der Waals surface area contributed by atoms with Crippen LogP contribution in [0.5, 0.6) is 0 Å². The quantitative estimate of drug-likeness (QED) is 0.807. The molecular weight excluding hydrogens is 330 g/mol. The molecule has 1 aromatic carbocycles. The van der Waals surface area contributed by atoms with E-state index in [1.165, 1.54) is 0 Å². The number of hydrogen-bond donors (Lipinski definition) is 1. The maximum atomic E-state index is 13.0. The highest BCUT2D eigenvalue weighted by atomic mass is 32.2. The molecule has 0 aliphatic carbocycles. The molecule has 5 heteroatoms. The zero-order valence-electron chi connectivity index (χ0n) is 14.4. The molecule has 1 unspecified atom stereocenters. The summed E-state index contributed by atoms with van der Waals surface area (Å²) in [5.74, 6) is 0.673. The second-order valence-electron chi connectivity index (χ2n) is 6.28. The maximum absolute atomic E-state index is 13.0. The molecule has 1 aromatic heterocycles. The van der Waals surface area contributed by atoms with Crippen LogP contribution in [0.2, 0.25) is 0 Å². The van der Waals surface area contributed by atoms with E-state index in [1.807, 2.05) is 41.3 Å². The van der Waals surface area contributed by atoms with E-state index in [2.05, 4.69) is 22.4 Å². The van der Waals surface area contributed by atoms with Gasteiger partial charge >= 0.3 is 0 Å². The maximum Gasteiger partial charge on any atom is 0.233 e. The zero-order valence-corrected chi connectivity index (χ0v) is 15.3. The summed E-state index contributed by atoms with van der Waals surface area (Å²) in [6.07, 6.45) is 4.98. The molecule has 1 amide bonds. The van der Waals surface area contributed by atoms with Gasteiger partial charge in [0.15, 0.2) is 0 Å². The van der Waals surface area contributed by atoms with Crippen LogP contribution in [0.25, 0.3) is 0 Å². The number of amides is 1. The van der Waals surface area contributed by atoms with Gasteiger partial charge in [-0.1, -0.05) is 24.3 Å². The second-order valence-corrected chi connectivity index (χ2v) is 7.33. The molecule has 0 radical (unpaired) electrons. The van der Waals surface area contributed by atoms with Gasteiger partial charge in [0.25, 0.3) is 0 Å². The summed E-state index contributed by atoms with van der Waals surface area (Å²) < 4.78 is 0. The lowest BCUT2D eigenvalue weighted by molar-refractivity contribution is -0.131. The van der Waals surface area contributed by atoms with Gasteiger partial charge < -0.3 is 10.2 Å². The molecular formula is C20H25N3OS. The molecule has 1 saturated heterocycles. The fraction of sp³-hybridized carbons (Fsp3) is 0.400. The van der Waals surface area contributed by atoms with Crippen LogP contribution in [-0.2, 0) is 11.3 Å². The van der Waals surface area contributed by atoms with Crippen molar-refractivity contribution < 1.29 is 4.79 Å². The molecule has 25 heavy (non-hydrogen) atoms. The minimum Gasteiger partial charge on any atom is -0.333 e. The van der Waals surface area contributed by atoms with E-state index in [4.69, 9.17) is 0 Å². The molecule has 1 aliphatic heterocycles. The van der Waals surface area contributed by atoms with Crippen molar-refractivity contribution in [1.82, 2.24) is 15.2 Å². The molecule has 4 nitrogen and oxygen atoms in total. The van der Waals surface area contributed by atoms with Crippen LogP contribution >= 0.6 is 11.8 Å². The first-order valence-corrected chi connectivity index (χ1v) is 9.89. The van der Waals surface area contributed by atoms with E-state index in [0.29, 0.717) is 18.3 Å². The average molecular weight is 356 g/mol. The molecule has 0 saturated carbocycles. The number of nitrogens with one attached hydrogen (secondary N) is 1. The zero-order chi connectivity index (χ0) is 17.3. The normalized spacial score (nSPS) is 17.7. The Hall–Kier alpha value is -1.85. The Morgan fingerprint density at radius 1 is 1.12 bits per heavy atom. The van der Waals surface area contributed by atoms with Crippen LogP contribution in [-0.4, -0.2) is 40.7 Å². The predicted octanol–water partition coefficient (Wildman–Crippen LogP) is 3.34. The molecule has 1 N–H and O–H groups in total. The van der Waals surface area contributed by atoms with Crippen LogP contribution in [0.15, 0.2) is 59.6 Å². The van der Waals surface area contributed by atoms with Gasteiger partial charge in [0.1, 0.15) is 0 Å². The predicted molar refractivity (Wildman–Crippen MR) is 102 cm³/mol. The smallest absolute Gasteiger partial charge is 0.233 e. The van der Waals surface area contributed by atoms with Gasteiger partial charge in [-0.25, -0.2) is 0 Å². The fourth-order valence-corrected chi connectivity index (χ4v) is 3.95. The van der Waals surface area contributed by atoms with Crippen molar-refractivity contribution in [2.75, 3.05) is 18.8 Å². The molecule has 2 heterocycles. The topological polar surface area (TPSA) is 45.2 Å². The fourth-order valence-electron chi connectivity index (χ4n) is 3.14. The Labute approximate surface area is 154 Å². The minimum absolute atomic E-state index is 0.200. The van der Waals surface area contributed by atoms with Crippen molar-refractivity contribution in [3.05, 3.63) is 60.4 Å². The van der Waals surface area contributed by atoms with Gasteiger partial charge in [-0.3, -0.25) is 9.78 Å². The van der Waals surface area contributed by atoms with E-state index >= 15 is 0 Å². The van der Waals surface area contributed by atoms with Gasteiger partial charge in [0, 0.05) is 17.1 Å². The SMILES string of the molecule is O=C(CSc1ccccc1)N(Cc1ccccn1)C1CCCNCC1. The van der Waals surface area contributed by atoms with Crippen molar-refractivity contribution in [2.24, 2.45) is 0 Å². The molecule has 2 aromatic rings. The number of rotatable bonds is 6. The number of aromatic nitrogens is 1. The summed E-state index contributed by atoms with van der Waals surface area (Å²) in [7, 11) is 0. The molecule has 0 bridgehead atoms. The third-order valence-electron chi connectivity index (χ3n) is 4.47. The molecule has 1 atom stereocenters. The summed E-state index contributed by atoms with van der Waals surface area (Å²) >= 11 is 1.61. The van der Waals surface area contributed by atoms with Gasteiger partial charge in [-0.15, -0.1) is 11.8 Å². The van der Waals surface area contributed by atoms with Crippen LogP contribution in [0.1, 0.15) is 25.0 Å². The number of carbonyl (C=O) groups excluding carboxylic acids is 1. The van der Waals surface area contributed by atoms with Crippen molar-refractivity contribution >= 4 is 17.7 Å². The summed E-state index contributed by atoms with van der Waals surface area (Å²) in [5.41, 5.74) is 0.956. The largest absolute Gasteiger partial charge is 0.333 e. The Morgan fingerprint density at radius 3 is 2.76 bits per heavy atom. The van der Waals surface area contributed by atoms with Gasteiger partial charge in [-0.05, 0) is 56.6 Å². The van der Waals surface area contributed by atoms with Crippen LogP contribution in [0.4, 0.5) is 0 Å². The van der Waals surface area contributed by atoms with Crippen LogP contribution < -0.4 is 5.32 Å². The van der Waals surface area contributed by atoms with Crippen molar-refractivity contribution in [2.45, 2.75) is 36.7 Å². The van der Waals surface area contributed by atoms with Gasteiger partial charge in [0.2, 0.25) is 5.91 Å². The molecule has 1 fully saturated rings. The van der Waals surface area contributed by atoms with E-state index in [-0.39, 0.29) is 5.91 Å². The number of nitrogens with zero attached hydrogens (tertiary/aromatic N) is 2. The number of pyridine rings is 1. The van der Waals surface area contributed by atoms with Gasteiger partial charge in [-0.2, -0.15) is 0 Å². The standard InChI is InChI=1S/C20H25N3OS/c24-20(16-25-19-9-2-1-3-10-19)23(15-17-7-4-5-13-22-17)18-8-6-12-21-14-11-18/h1-5,7,9-10,13,18,21H,6,8,11-12,14-16H2. The Bertz CT molecular complexity index is 643. The van der Waals surface area contributed by atoms with E-state index in [0.717, 1.165) is 42.9 Å². The first-order chi connectivity index (χ1) is 12.3. The van der Waals surface area contributed by atoms with Crippen molar-refractivity contribution in [1.29, 1.82) is 0 Å². The Kier molecular flexibility index (Phi) is 6.89. The highest BCUT2D eigenvalue weighted by molar-refractivity contribution is 8.00. The lowest BCUT2D eigenvalue weighted by atomic mass is 10.1. The lowest BCUT2D eigenvalue weighted by Gasteiger charge is -2.31. The van der Waals surface area contributed by atoms with E-state index in [9.17, 15) is 4.79 Å². The van der Waals surface area contributed by atoms with Gasteiger partial charge in [0.05, 0.1) is 18.0 Å². The summed E-state index contributed by atoms with van der Waals surface area (Å²) in [5, 5.41) is 3.43. The summed E-state index contributed by atoms with van der Waals surface area (Å²) in [4.78, 5) is 20.6. The molecule has 1 aliphatic rings. The number of carbonyl (C=O) groups is 1. The van der Waals surface area contributed by atoms with Crippen LogP contribution in [0, 0.1) is 0 Å². The van der Waals surface area contributed by atoms with Crippen molar-refractivity contribution in [3.8, 4) is 0 Å². The minimum atomic E-state index is 0.200. The third kappa shape index (κ3) is 5.58. The third-order valence-corrected chi connectivity index (χ3v) is 5.47. The Balaban J connectivity index is 1.68. The van der Waals surface area contributed by atoms with Crippen LogP contribution in [0.3, 0.4) is 0 Å². The molecule has 0 spiro atoms. The first-order valence-electron chi connectivity index (χ1n) is 8.91. The first kappa shape index (κ1) is 18.0. The lowest BCUT2D eigenvalue weighted by Crippen LogP contribution is -2.41. The average Bonchev–Trinajstić information content (AvgIpc) is 2.95. The Morgan fingerprint density at radius 2 is 1.96 bits per heavy atom. The monoisotopic (exact) mass is 355 g/mol. The molecule has 3 rings (SSSR count). The van der Waals surface area contributed by atoms with E-state index in [1.54, 1.807) is 18.0 Å².